The first-order chi connectivity index (χ1) is 16.1. The topological polar surface area (TPSA) is 77.1 Å². The van der Waals surface area contributed by atoms with Gasteiger partial charge in [-0.15, -0.1) is 0 Å². The Kier molecular flexibility index (Phi) is 4.93. The Morgan fingerprint density at radius 3 is 2.56 bits per heavy atom. The average Bonchev–Trinajstić information content (AvgIpc) is 3.29. The Morgan fingerprint density at radius 2 is 1.85 bits per heavy atom. The molecule has 0 fully saturated rings. The van der Waals surface area contributed by atoms with Crippen molar-refractivity contribution in [2.45, 2.75) is 19.1 Å². The fourth-order valence-electron chi connectivity index (χ4n) is 4.45. The molecule has 4 aromatic rings. The van der Waals surface area contributed by atoms with E-state index in [1.807, 2.05) is 0 Å². The summed E-state index contributed by atoms with van der Waals surface area (Å²) in [5, 5.41) is 2.88. The van der Waals surface area contributed by atoms with Crippen molar-refractivity contribution in [3.8, 4) is 11.1 Å². The van der Waals surface area contributed by atoms with E-state index < -0.39 is 23.5 Å². The van der Waals surface area contributed by atoms with Crippen LogP contribution in [0.15, 0.2) is 60.7 Å². The monoisotopic (exact) mass is 467 g/mol. The average molecular weight is 467 g/mol. The van der Waals surface area contributed by atoms with Gasteiger partial charge >= 0.3 is 6.18 Å². The number of halogens is 4. The Hall–Kier alpha value is -4.14. The minimum absolute atomic E-state index is 0.00387. The van der Waals surface area contributed by atoms with Crippen molar-refractivity contribution >= 4 is 28.4 Å². The molecular formula is C25H17F4N3O2. The highest BCUT2D eigenvalue weighted by Crippen LogP contribution is 2.40. The van der Waals surface area contributed by atoms with Gasteiger partial charge in [0.25, 0.3) is 5.91 Å². The third-order valence-electron chi connectivity index (χ3n) is 5.87. The van der Waals surface area contributed by atoms with Crippen LogP contribution in [0.1, 0.15) is 27.2 Å². The summed E-state index contributed by atoms with van der Waals surface area (Å²) in [4.78, 5) is 24.4. The molecule has 0 atom stereocenters. The van der Waals surface area contributed by atoms with E-state index in [1.165, 1.54) is 28.8 Å². The summed E-state index contributed by atoms with van der Waals surface area (Å²) >= 11 is 0. The van der Waals surface area contributed by atoms with Crippen LogP contribution in [-0.2, 0) is 23.9 Å². The highest BCUT2D eigenvalue weighted by atomic mass is 19.4. The number of benzene rings is 3. The molecule has 172 valence electrons. The first kappa shape index (κ1) is 21.7. The first-order valence-corrected chi connectivity index (χ1v) is 10.3. The largest absolute Gasteiger partial charge is 0.416 e. The Balaban J connectivity index is 1.80. The molecular weight excluding hydrogens is 450 g/mol. The number of amides is 2. The van der Waals surface area contributed by atoms with Gasteiger partial charge in [-0.25, -0.2) is 4.39 Å². The number of primary amides is 1. The van der Waals surface area contributed by atoms with Gasteiger partial charge in [0.1, 0.15) is 11.5 Å². The van der Waals surface area contributed by atoms with Crippen LogP contribution in [0.2, 0.25) is 0 Å². The van der Waals surface area contributed by atoms with Gasteiger partial charge in [0.05, 0.1) is 12.0 Å². The summed E-state index contributed by atoms with van der Waals surface area (Å²) in [5.74, 6) is -1.52. The lowest BCUT2D eigenvalue weighted by Gasteiger charge is -2.11. The fraction of sp³-hybridized carbons (Fsp3) is 0.120. The summed E-state index contributed by atoms with van der Waals surface area (Å²) in [5.41, 5.74) is 7.66. The van der Waals surface area contributed by atoms with Crippen molar-refractivity contribution in [2.75, 3.05) is 5.32 Å². The molecule has 0 saturated carbocycles. The standard InChI is InChI=1S/C25H17F4N3O2/c26-17-3-1-2-13(8-17)12-32-20-7-5-16(25(27,28)29)11-18(20)22(23(32)24(30)34)14-4-6-19-15(9-14)10-21(33)31-19/h1-9,11H,10,12H2,(H2,30,34)(H,31,33). The number of fused-ring (bicyclic) bond motifs is 2. The molecule has 5 rings (SSSR count). The number of aromatic nitrogens is 1. The van der Waals surface area contributed by atoms with Gasteiger partial charge in [0.2, 0.25) is 5.91 Å². The molecule has 5 nitrogen and oxygen atoms in total. The Labute approximate surface area is 190 Å². The number of nitrogens with zero attached hydrogens (tertiary/aromatic N) is 1. The summed E-state index contributed by atoms with van der Waals surface area (Å²) in [6.45, 7) is 0.0167. The third kappa shape index (κ3) is 3.68. The van der Waals surface area contributed by atoms with Gasteiger partial charge in [-0.1, -0.05) is 18.2 Å². The first-order valence-electron chi connectivity index (χ1n) is 10.3. The van der Waals surface area contributed by atoms with Gasteiger partial charge in [0, 0.05) is 28.7 Å². The SMILES string of the molecule is NC(=O)c1c(-c2ccc3c(c2)CC(=O)N3)c2cc(C(F)(F)F)ccc2n1Cc1cccc(F)c1. The van der Waals surface area contributed by atoms with Crippen molar-refractivity contribution < 1.29 is 27.2 Å². The molecule has 3 N–H and O–H groups in total. The number of anilines is 1. The van der Waals surface area contributed by atoms with E-state index in [9.17, 15) is 27.2 Å². The molecule has 0 saturated heterocycles. The molecule has 0 aliphatic carbocycles. The lowest BCUT2D eigenvalue weighted by molar-refractivity contribution is -0.137. The van der Waals surface area contributed by atoms with Crippen molar-refractivity contribution in [3.05, 3.63) is 88.9 Å². The number of carbonyl (C=O) groups is 2. The van der Waals surface area contributed by atoms with E-state index in [-0.39, 0.29) is 35.5 Å². The fourth-order valence-corrected chi connectivity index (χ4v) is 4.45. The zero-order valence-corrected chi connectivity index (χ0v) is 17.5. The van der Waals surface area contributed by atoms with Gasteiger partial charge in [-0.05, 0) is 59.2 Å². The number of hydrogen-bond donors (Lipinski definition) is 2. The molecule has 9 heteroatoms. The van der Waals surface area contributed by atoms with E-state index in [0.717, 1.165) is 12.1 Å². The van der Waals surface area contributed by atoms with Crippen LogP contribution in [0.5, 0.6) is 0 Å². The van der Waals surface area contributed by atoms with Crippen LogP contribution in [0.25, 0.3) is 22.0 Å². The van der Waals surface area contributed by atoms with Crippen LogP contribution >= 0.6 is 0 Å². The molecule has 1 aliphatic rings. The summed E-state index contributed by atoms with van der Waals surface area (Å²) in [6, 6.07) is 13.8. The molecule has 0 spiro atoms. The molecule has 3 aromatic carbocycles. The summed E-state index contributed by atoms with van der Waals surface area (Å²) in [6.07, 6.45) is -4.48. The van der Waals surface area contributed by atoms with E-state index in [0.29, 0.717) is 27.9 Å². The number of hydrogen-bond acceptors (Lipinski definition) is 2. The molecule has 34 heavy (non-hydrogen) atoms. The molecule has 2 amide bonds. The van der Waals surface area contributed by atoms with Crippen molar-refractivity contribution in [2.24, 2.45) is 5.73 Å². The number of carbonyl (C=O) groups excluding carboxylic acids is 2. The minimum Gasteiger partial charge on any atom is -0.364 e. The summed E-state index contributed by atoms with van der Waals surface area (Å²) in [7, 11) is 0. The van der Waals surface area contributed by atoms with E-state index in [4.69, 9.17) is 5.73 Å². The maximum absolute atomic E-state index is 13.8. The minimum atomic E-state index is -4.60. The second kappa shape index (κ2) is 7.72. The van der Waals surface area contributed by atoms with Crippen LogP contribution in [0, 0.1) is 5.82 Å². The molecule has 0 bridgehead atoms. The van der Waals surface area contributed by atoms with Crippen LogP contribution < -0.4 is 11.1 Å². The van der Waals surface area contributed by atoms with Crippen molar-refractivity contribution in [1.82, 2.24) is 4.57 Å². The van der Waals surface area contributed by atoms with Gasteiger partial charge < -0.3 is 15.6 Å². The highest BCUT2D eigenvalue weighted by Gasteiger charge is 2.32. The molecule has 1 aliphatic heterocycles. The maximum Gasteiger partial charge on any atom is 0.416 e. The lowest BCUT2D eigenvalue weighted by atomic mass is 9.97. The smallest absolute Gasteiger partial charge is 0.364 e. The maximum atomic E-state index is 13.8. The van der Waals surface area contributed by atoms with Crippen LogP contribution in [-0.4, -0.2) is 16.4 Å². The van der Waals surface area contributed by atoms with E-state index in [1.54, 1.807) is 24.3 Å². The Morgan fingerprint density at radius 1 is 1.06 bits per heavy atom. The van der Waals surface area contributed by atoms with Crippen molar-refractivity contribution in [3.63, 3.8) is 0 Å². The highest BCUT2D eigenvalue weighted by molar-refractivity contribution is 6.10. The number of alkyl halides is 3. The molecule has 0 unspecified atom stereocenters. The second-order valence-electron chi connectivity index (χ2n) is 8.13. The lowest BCUT2D eigenvalue weighted by Crippen LogP contribution is -2.18. The van der Waals surface area contributed by atoms with Gasteiger partial charge in [-0.2, -0.15) is 13.2 Å². The number of rotatable bonds is 4. The quantitative estimate of drug-likeness (QED) is 0.410. The normalized spacial score (nSPS) is 13.2. The number of nitrogens with two attached hydrogens (primary N) is 1. The zero-order chi connectivity index (χ0) is 24.2. The predicted molar refractivity (Wildman–Crippen MR) is 119 cm³/mol. The van der Waals surface area contributed by atoms with E-state index in [2.05, 4.69) is 5.32 Å². The second-order valence-corrected chi connectivity index (χ2v) is 8.13. The predicted octanol–water partition coefficient (Wildman–Crippen LogP) is 5.11. The Bertz CT molecular complexity index is 1490. The van der Waals surface area contributed by atoms with Crippen LogP contribution in [0.3, 0.4) is 0 Å². The van der Waals surface area contributed by atoms with Crippen molar-refractivity contribution in [1.29, 1.82) is 0 Å². The third-order valence-corrected chi connectivity index (χ3v) is 5.87. The molecule has 2 heterocycles. The van der Waals surface area contributed by atoms with Gasteiger partial charge in [-0.3, -0.25) is 9.59 Å². The zero-order valence-electron chi connectivity index (χ0n) is 17.5. The number of nitrogens with one attached hydrogen (secondary N) is 1. The molecule has 1 aromatic heterocycles. The molecule has 0 radical (unpaired) electrons. The van der Waals surface area contributed by atoms with Crippen LogP contribution in [0.4, 0.5) is 23.2 Å². The summed E-state index contributed by atoms with van der Waals surface area (Å²) < 4.78 is 55.9. The van der Waals surface area contributed by atoms with Gasteiger partial charge in [0.15, 0.2) is 0 Å². The van der Waals surface area contributed by atoms with E-state index >= 15 is 0 Å².